The normalized spacial score (nSPS) is 4.83. The van der Waals surface area contributed by atoms with E-state index in [9.17, 15) is 0 Å². The molecule has 0 aromatic carbocycles. The number of carboxylic acids is 1. The van der Waals surface area contributed by atoms with Crippen LogP contribution in [0.15, 0.2) is 13.2 Å². The average Bonchev–Trinajstić information content (AvgIpc) is 1.41. The van der Waals surface area contributed by atoms with Crippen LogP contribution in [0.5, 0.6) is 0 Å². The lowest BCUT2D eigenvalue weighted by Gasteiger charge is -1.77. The predicted molar refractivity (Wildman–Crippen MR) is 21.9 cm³/mol. The molecule has 0 heterocycles. The average molecular weight is 87.1 g/mol. The first-order chi connectivity index (χ1) is 2.73. The molecular weight excluding hydrogens is 80.0 g/mol. The fourth-order valence-corrected chi connectivity index (χ4v) is 0. The predicted octanol–water partition coefficient (Wildman–Crippen LogP) is -0.442. The van der Waals surface area contributed by atoms with Gasteiger partial charge in [-0.3, -0.25) is 0 Å². The standard InChI is InChI=1S/C2H4O2.C2H4/c1-2(3)4;1-2/h1H3,(H,3,4);1-2H2/p-1. The minimum Gasteiger partial charge on any atom is -0.550 e. The quantitative estimate of drug-likeness (QED) is 0.376. The van der Waals surface area contributed by atoms with Crippen LogP contribution >= 0.6 is 0 Å². The zero-order valence-corrected chi connectivity index (χ0v) is 3.73. The van der Waals surface area contributed by atoms with E-state index in [-0.39, 0.29) is 0 Å². The van der Waals surface area contributed by atoms with E-state index in [4.69, 9.17) is 9.90 Å². The van der Waals surface area contributed by atoms with Gasteiger partial charge in [0.1, 0.15) is 0 Å². The maximum atomic E-state index is 8.89. The highest BCUT2D eigenvalue weighted by molar-refractivity contribution is 5.60. The highest BCUT2D eigenvalue weighted by atomic mass is 16.4. The van der Waals surface area contributed by atoms with Crippen LogP contribution in [0.1, 0.15) is 6.92 Å². The van der Waals surface area contributed by atoms with Crippen molar-refractivity contribution in [2.75, 3.05) is 0 Å². The van der Waals surface area contributed by atoms with E-state index in [0.717, 1.165) is 6.92 Å². The molecule has 0 spiro atoms. The van der Waals surface area contributed by atoms with Gasteiger partial charge < -0.3 is 9.90 Å². The van der Waals surface area contributed by atoms with E-state index in [1.54, 1.807) is 0 Å². The smallest absolute Gasteiger partial charge is 0.0383 e. The topological polar surface area (TPSA) is 40.1 Å². The lowest BCUT2D eigenvalue weighted by molar-refractivity contribution is -0.302. The zero-order valence-electron chi connectivity index (χ0n) is 3.73. The molecule has 6 heavy (non-hydrogen) atoms. The van der Waals surface area contributed by atoms with Crippen molar-refractivity contribution in [3.63, 3.8) is 0 Å². The van der Waals surface area contributed by atoms with Gasteiger partial charge in [-0.15, -0.1) is 13.2 Å². The molecule has 0 radical (unpaired) electrons. The lowest BCUT2D eigenvalue weighted by atomic mass is 10.9. The summed E-state index contributed by atoms with van der Waals surface area (Å²) in [5, 5.41) is 8.89. The zero-order chi connectivity index (χ0) is 5.58. The van der Waals surface area contributed by atoms with Crippen molar-refractivity contribution in [1.82, 2.24) is 0 Å². The van der Waals surface area contributed by atoms with Gasteiger partial charge in [-0.05, 0) is 6.92 Å². The highest BCUT2D eigenvalue weighted by Crippen LogP contribution is 1.31. The molecule has 0 aliphatic carbocycles. The third kappa shape index (κ3) is 25.1. The number of carbonyl (C=O) groups is 1. The highest BCUT2D eigenvalue weighted by Gasteiger charge is 1.46. The summed E-state index contributed by atoms with van der Waals surface area (Å²) < 4.78 is 0. The molecule has 0 saturated heterocycles. The van der Waals surface area contributed by atoms with Gasteiger partial charge in [0, 0.05) is 5.97 Å². The number of rotatable bonds is 0. The molecule has 2 nitrogen and oxygen atoms in total. The molecule has 2 heteroatoms. The Balaban J connectivity index is 0. The first-order valence-corrected chi connectivity index (χ1v) is 1.41. The van der Waals surface area contributed by atoms with Crippen LogP contribution in [0, 0.1) is 0 Å². The lowest BCUT2D eigenvalue weighted by Crippen LogP contribution is -2.16. The van der Waals surface area contributed by atoms with E-state index in [0.29, 0.717) is 0 Å². The second-order valence-electron chi connectivity index (χ2n) is 0.492. The molecule has 0 atom stereocenters. The monoisotopic (exact) mass is 87.0 g/mol. The molecule has 0 aliphatic heterocycles. The molecule has 0 N–H and O–H groups in total. The van der Waals surface area contributed by atoms with Crippen LogP contribution in [-0.4, -0.2) is 5.97 Å². The Kier molecular flexibility index (Phi) is 13.3. The van der Waals surface area contributed by atoms with E-state index in [1.807, 2.05) is 0 Å². The summed E-state index contributed by atoms with van der Waals surface area (Å²) in [5.41, 5.74) is 0. The maximum absolute atomic E-state index is 8.89. The van der Waals surface area contributed by atoms with Gasteiger partial charge in [0.25, 0.3) is 0 Å². The van der Waals surface area contributed by atoms with Crippen LogP contribution < -0.4 is 5.11 Å². The van der Waals surface area contributed by atoms with Crippen molar-refractivity contribution >= 4 is 5.97 Å². The Morgan fingerprint density at radius 2 is 1.67 bits per heavy atom. The maximum Gasteiger partial charge on any atom is 0.0383 e. The van der Waals surface area contributed by atoms with Crippen LogP contribution in [0.4, 0.5) is 0 Å². The summed E-state index contributed by atoms with van der Waals surface area (Å²) in [4.78, 5) is 8.89. The summed E-state index contributed by atoms with van der Waals surface area (Å²) in [7, 11) is 0. The van der Waals surface area contributed by atoms with Gasteiger partial charge in [-0.25, -0.2) is 0 Å². The summed E-state index contributed by atoms with van der Waals surface area (Å²) in [5.74, 6) is -1.08. The largest absolute Gasteiger partial charge is 0.550 e. The van der Waals surface area contributed by atoms with Gasteiger partial charge in [0.15, 0.2) is 0 Å². The number of carbonyl (C=O) groups excluding carboxylic acids is 1. The van der Waals surface area contributed by atoms with Gasteiger partial charge in [0.05, 0.1) is 0 Å². The molecule has 0 bridgehead atoms. The fraction of sp³-hybridized carbons (Fsp3) is 0.250. The molecular formula is C4H7O2-. The van der Waals surface area contributed by atoms with Crippen molar-refractivity contribution < 1.29 is 9.90 Å². The van der Waals surface area contributed by atoms with Crippen LogP contribution in [0.2, 0.25) is 0 Å². The molecule has 0 aromatic rings. The summed E-state index contributed by atoms with van der Waals surface area (Å²) in [6.07, 6.45) is 0. The first-order valence-electron chi connectivity index (χ1n) is 1.41. The van der Waals surface area contributed by atoms with Crippen molar-refractivity contribution in [2.24, 2.45) is 0 Å². The van der Waals surface area contributed by atoms with Gasteiger partial charge in [-0.1, -0.05) is 0 Å². The van der Waals surface area contributed by atoms with Gasteiger partial charge >= 0.3 is 0 Å². The SMILES string of the molecule is C=C.CC(=O)[O-]. The van der Waals surface area contributed by atoms with E-state index >= 15 is 0 Å². The van der Waals surface area contributed by atoms with Crippen molar-refractivity contribution in [3.8, 4) is 0 Å². The number of aliphatic carboxylic acids is 1. The second-order valence-corrected chi connectivity index (χ2v) is 0.492. The fourth-order valence-electron chi connectivity index (χ4n) is 0. The Labute approximate surface area is 37.1 Å². The Morgan fingerprint density at radius 1 is 1.67 bits per heavy atom. The number of hydrogen-bond acceptors (Lipinski definition) is 2. The molecule has 0 unspecified atom stereocenters. The van der Waals surface area contributed by atoms with E-state index in [1.165, 1.54) is 0 Å². The first kappa shape index (κ1) is 8.96. The summed E-state index contributed by atoms with van der Waals surface area (Å²) in [6, 6.07) is 0. The van der Waals surface area contributed by atoms with Crippen LogP contribution in [0.25, 0.3) is 0 Å². The molecule has 0 aliphatic rings. The Morgan fingerprint density at radius 3 is 1.67 bits per heavy atom. The Hall–Kier alpha value is -0.790. The van der Waals surface area contributed by atoms with Gasteiger partial charge in [-0.2, -0.15) is 0 Å². The third-order valence-corrected chi connectivity index (χ3v) is 0. The van der Waals surface area contributed by atoms with Crippen molar-refractivity contribution in [2.45, 2.75) is 6.92 Å². The number of hydrogen-bond donors (Lipinski definition) is 0. The van der Waals surface area contributed by atoms with Crippen LogP contribution in [-0.2, 0) is 4.79 Å². The van der Waals surface area contributed by atoms with E-state index in [2.05, 4.69) is 13.2 Å². The number of carboxylic acid groups (broad SMARTS) is 1. The molecule has 36 valence electrons. The third-order valence-electron chi connectivity index (χ3n) is 0. The second kappa shape index (κ2) is 8.88. The minimum absolute atomic E-state index is 0.972. The molecule has 0 amide bonds. The summed E-state index contributed by atoms with van der Waals surface area (Å²) >= 11 is 0. The van der Waals surface area contributed by atoms with Crippen LogP contribution in [0.3, 0.4) is 0 Å². The van der Waals surface area contributed by atoms with Crippen molar-refractivity contribution in [1.29, 1.82) is 0 Å². The minimum atomic E-state index is -1.08. The molecule has 0 rings (SSSR count). The molecule has 0 aromatic heterocycles. The van der Waals surface area contributed by atoms with Gasteiger partial charge in [0.2, 0.25) is 0 Å². The summed E-state index contributed by atoms with van der Waals surface area (Å²) in [6.45, 7) is 6.97. The van der Waals surface area contributed by atoms with Crippen molar-refractivity contribution in [3.05, 3.63) is 13.2 Å². The Bertz CT molecular complexity index is 36.8. The molecule has 0 saturated carbocycles. The van der Waals surface area contributed by atoms with E-state index < -0.39 is 5.97 Å². The molecule has 0 fully saturated rings.